The number of carbonyl (C=O) groups excluding carboxylic acids is 1. The molecule has 0 amide bonds. The van der Waals surface area contributed by atoms with E-state index in [2.05, 4.69) is 18.7 Å². The number of nitrogens with zero attached hydrogens (tertiary/aromatic N) is 1. The highest BCUT2D eigenvalue weighted by molar-refractivity contribution is 5.72. The molecule has 2 fully saturated rings. The molecule has 3 heteroatoms. The van der Waals surface area contributed by atoms with Gasteiger partial charge in [-0.15, -0.1) is 0 Å². The van der Waals surface area contributed by atoms with Crippen LogP contribution in [0, 0.1) is 5.92 Å². The molecule has 86 valence electrons. The largest absolute Gasteiger partial charge is 0.469 e. The van der Waals surface area contributed by atoms with Gasteiger partial charge in [-0.25, -0.2) is 0 Å². The third-order valence-electron chi connectivity index (χ3n) is 3.92. The van der Waals surface area contributed by atoms with Crippen LogP contribution in [0.25, 0.3) is 0 Å². The zero-order valence-electron chi connectivity index (χ0n) is 9.90. The lowest BCUT2D eigenvalue weighted by Crippen LogP contribution is -2.48. The number of hydrogen-bond acceptors (Lipinski definition) is 3. The summed E-state index contributed by atoms with van der Waals surface area (Å²) in [5, 5.41) is 0. The van der Waals surface area contributed by atoms with Gasteiger partial charge >= 0.3 is 5.97 Å². The number of piperidine rings is 1. The molecule has 0 saturated carbocycles. The molecule has 3 nitrogen and oxygen atoms in total. The summed E-state index contributed by atoms with van der Waals surface area (Å²) in [6, 6.07) is 1.85. The number of carbonyl (C=O) groups is 1. The van der Waals surface area contributed by atoms with E-state index in [1.165, 1.54) is 20.0 Å². The maximum absolute atomic E-state index is 11.5. The van der Waals surface area contributed by atoms with Crippen molar-refractivity contribution in [3.8, 4) is 0 Å². The lowest BCUT2D eigenvalue weighted by atomic mass is 9.90. The zero-order chi connectivity index (χ0) is 11.0. The van der Waals surface area contributed by atoms with E-state index in [1.54, 1.807) is 0 Å². The molecular formula is C12H21NO2. The minimum Gasteiger partial charge on any atom is -0.469 e. The molecule has 2 rings (SSSR count). The van der Waals surface area contributed by atoms with Gasteiger partial charge in [-0.1, -0.05) is 0 Å². The molecule has 2 aliphatic heterocycles. The maximum Gasteiger partial charge on any atom is 0.308 e. The van der Waals surface area contributed by atoms with Crippen LogP contribution in [0.3, 0.4) is 0 Å². The van der Waals surface area contributed by atoms with Crippen LogP contribution in [0.2, 0.25) is 0 Å². The van der Waals surface area contributed by atoms with E-state index in [1.807, 2.05) is 0 Å². The summed E-state index contributed by atoms with van der Waals surface area (Å²) in [6.45, 7) is 4.51. The van der Waals surface area contributed by atoms with Crippen molar-refractivity contribution in [3.05, 3.63) is 0 Å². The first kappa shape index (κ1) is 10.9. The van der Waals surface area contributed by atoms with Gasteiger partial charge in [-0.05, 0) is 39.5 Å². The highest BCUT2D eigenvalue weighted by Crippen LogP contribution is 2.40. The van der Waals surface area contributed by atoms with Crippen molar-refractivity contribution in [3.63, 3.8) is 0 Å². The van der Waals surface area contributed by atoms with Crippen molar-refractivity contribution in [2.75, 3.05) is 7.11 Å². The first-order valence-electron chi connectivity index (χ1n) is 5.98. The number of esters is 1. The molecular weight excluding hydrogens is 190 g/mol. The van der Waals surface area contributed by atoms with Crippen LogP contribution >= 0.6 is 0 Å². The summed E-state index contributed by atoms with van der Waals surface area (Å²) in [6.07, 6.45) is 4.52. The average molecular weight is 211 g/mol. The highest BCUT2D eigenvalue weighted by atomic mass is 16.5. The summed E-state index contributed by atoms with van der Waals surface area (Å²) in [7, 11) is 1.50. The minimum atomic E-state index is -0.00435. The molecule has 0 aromatic carbocycles. The van der Waals surface area contributed by atoms with E-state index in [0.29, 0.717) is 18.1 Å². The fraction of sp³-hybridized carbons (Fsp3) is 0.917. The Bertz CT molecular complexity index is 238. The van der Waals surface area contributed by atoms with E-state index in [0.717, 1.165) is 12.8 Å². The number of fused-ring (bicyclic) bond motifs is 2. The van der Waals surface area contributed by atoms with Gasteiger partial charge in [-0.3, -0.25) is 9.69 Å². The quantitative estimate of drug-likeness (QED) is 0.652. The van der Waals surface area contributed by atoms with Gasteiger partial charge in [0.1, 0.15) is 0 Å². The first-order chi connectivity index (χ1) is 7.13. The van der Waals surface area contributed by atoms with Crippen LogP contribution in [0.4, 0.5) is 0 Å². The number of ether oxygens (including phenoxy) is 1. The van der Waals surface area contributed by atoms with Crippen molar-refractivity contribution in [1.29, 1.82) is 0 Å². The van der Waals surface area contributed by atoms with E-state index < -0.39 is 0 Å². The van der Waals surface area contributed by atoms with Crippen molar-refractivity contribution >= 4 is 5.97 Å². The molecule has 2 bridgehead atoms. The van der Waals surface area contributed by atoms with Gasteiger partial charge in [-0.2, -0.15) is 0 Å². The fourth-order valence-electron chi connectivity index (χ4n) is 3.42. The molecule has 2 aliphatic rings. The summed E-state index contributed by atoms with van der Waals surface area (Å²) in [4.78, 5) is 14.1. The van der Waals surface area contributed by atoms with Crippen molar-refractivity contribution in [2.24, 2.45) is 5.92 Å². The minimum absolute atomic E-state index is 0.00435. The van der Waals surface area contributed by atoms with E-state index in [9.17, 15) is 4.79 Å². The Morgan fingerprint density at radius 1 is 1.27 bits per heavy atom. The lowest BCUT2D eigenvalue weighted by molar-refractivity contribution is -0.148. The molecule has 15 heavy (non-hydrogen) atoms. The van der Waals surface area contributed by atoms with Gasteiger partial charge in [0, 0.05) is 18.1 Å². The molecule has 0 N–H and O–H groups in total. The van der Waals surface area contributed by atoms with Crippen LogP contribution in [-0.2, 0) is 9.53 Å². The average Bonchev–Trinajstić information content (AvgIpc) is 2.49. The Morgan fingerprint density at radius 2 is 1.80 bits per heavy atom. The SMILES string of the molecule is COC(=O)[C@@H]1C[C@H]2CC[C@@H](C1)N2C(C)C. The third-order valence-corrected chi connectivity index (χ3v) is 3.92. The Balaban J connectivity index is 2.05. The molecule has 0 unspecified atom stereocenters. The standard InChI is InChI=1S/C12H21NO2/c1-8(2)13-10-4-5-11(13)7-9(6-10)12(14)15-3/h8-11H,4-7H2,1-3H3/t9-,10-,11+. The van der Waals surface area contributed by atoms with Gasteiger partial charge in [0.25, 0.3) is 0 Å². The summed E-state index contributed by atoms with van der Waals surface area (Å²) in [5.41, 5.74) is 0. The van der Waals surface area contributed by atoms with E-state index in [4.69, 9.17) is 4.74 Å². The second kappa shape index (κ2) is 4.12. The molecule has 2 heterocycles. The molecule has 0 aromatic rings. The van der Waals surface area contributed by atoms with Crippen molar-refractivity contribution in [2.45, 2.75) is 57.7 Å². The molecule has 0 spiro atoms. The van der Waals surface area contributed by atoms with Gasteiger partial charge in [0.15, 0.2) is 0 Å². The predicted octanol–water partition coefficient (Wildman–Crippen LogP) is 1.81. The monoisotopic (exact) mass is 211 g/mol. The van der Waals surface area contributed by atoms with Gasteiger partial charge in [0.05, 0.1) is 13.0 Å². The lowest BCUT2D eigenvalue weighted by Gasteiger charge is -2.40. The number of rotatable bonds is 2. The smallest absolute Gasteiger partial charge is 0.308 e. The van der Waals surface area contributed by atoms with E-state index in [-0.39, 0.29) is 11.9 Å². The second-order valence-electron chi connectivity index (χ2n) is 5.12. The van der Waals surface area contributed by atoms with Crippen LogP contribution in [-0.4, -0.2) is 36.1 Å². The molecule has 0 aromatic heterocycles. The molecule has 3 atom stereocenters. The van der Waals surface area contributed by atoms with Crippen LogP contribution in [0.1, 0.15) is 39.5 Å². The Labute approximate surface area is 91.8 Å². The van der Waals surface area contributed by atoms with Crippen LogP contribution in [0.15, 0.2) is 0 Å². The maximum atomic E-state index is 11.5. The van der Waals surface area contributed by atoms with E-state index >= 15 is 0 Å². The molecule has 2 saturated heterocycles. The normalized spacial score (nSPS) is 35.9. The first-order valence-corrected chi connectivity index (χ1v) is 5.98. The summed E-state index contributed by atoms with van der Waals surface area (Å²) in [5.74, 6) is 0.151. The summed E-state index contributed by atoms with van der Waals surface area (Å²) < 4.78 is 4.85. The number of methoxy groups -OCH3 is 1. The molecule has 0 aliphatic carbocycles. The Kier molecular flexibility index (Phi) is 3.01. The third kappa shape index (κ3) is 1.89. The fourth-order valence-corrected chi connectivity index (χ4v) is 3.42. The topological polar surface area (TPSA) is 29.5 Å². The Morgan fingerprint density at radius 3 is 2.20 bits per heavy atom. The zero-order valence-corrected chi connectivity index (χ0v) is 9.90. The van der Waals surface area contributed by atoms with Crippen LogP contribution in [0.5, 0.6) is 0 Å². The highest BCUT2D eigenvalue weighted by Gasteiger charge is 2.43. The van der Waals surface area contributed by atoms with Gasteiger partial charge < -0.3 is 4.74 Å². The summed E-state index contributed by atoms with van der Waals surface area (Å²) >= 11 is 0. The van der Waals surface area contributed by atoms with Crippen LogP contribution < -0.4 is 0 Å². The van der Waals surface area contributed by atoms with Gasteiger partial charge in [0.2, 0.25) is 0 Å². The van der Waals surface area contributed by atoms with Crippen molar-refractivity contribution in [1.82, 2.24) is 4.90 Å². The second-order valence-corrected chi connectivity index (χ2v) is 5.12. The predicted molar refractivity (Wildman–Crippen MR) is 58.5 cm³/mol. The Hall–Kier alpha value is -0.570. The van der Waals surface area contributed by atoms with Crippen molar-refractivity contribution < 1.29 is 9.53 Å². The number of hydrogen-bond donors (Lipinski definition) is 0. The molecule has 0 radical (unpaired) electrons.